The van der Waals surface area contributed by atoms with Gasteiger partial charge in [0.15, 0.2) is 0 Å². The van der Waals surface area contributed by atoms with Crippen molar-refractivity contribution in [2.75, 3.05) is 31.1 Å². The van der Waals surface area contributed by atoms with Crippen LogP contribution in [0.15, 0.2) is 48.5 Å². The van der Waals surface area contributed by atoms with Crippen LogP contribution in [0.1, 0.15) is 18.2 Å². The summed E-state index contributed by atoms with van der Waals surface area (Å²) in [6.07, 6.45) is 4.18. The van der Waals surface area contributed by atoms with Crippen LogP contribution in [0.4, 0.5) is 5.69 Å². The van der Waals surface area contributed by atoms with Crippen molar-refractivity contribution in [2.45, 2.75) is 6.92 Å². The Bertz CT molecular complexity index is 951. The van der Waals surface area contributed by atoms with Gasteiger partial charge in [0, 0.05) is 44.2 Å². The SMILES string of the molecule is CC(=O)N1CCN(c2ccccc2C=Cc2n[nH]c3ccccc23)CC1. The van der Waals surface area contributed by atoms with E-state index < -0.39 is 0 Å². The van der Waals surface area contributed by atoms with Gasteiger partial charge in [-0.25, -0.2) is 0 Å². The zero-order valence-corrected chi connectivity index (χ0v) is 14.9. The maximum absolute atomic E-state index is 11.5. The lowest BCUT2D eigenvalue weighted by atomic mass is 10.1. The predicted molar refractivity (Wildman–Crippen MR) is 106 cm³/mol. The zero-order chi connectivity index (χ0) is 17.9. The molecule has 1 fully saturated rings. The minimum absolute atomic E-state index is 0.156. The lowest BCUT2D eigenvalue weighted by molar-refractivity contribution is -0.129. The average molecular weight is 346 g/mol. The Morgan fingerprint density at radius 3 is 2.54 bits per heavy atom. The molecule has 1 N–H and O–H groups in total. The molecule has 2 aromatic carbocycles. The Morgan fingerprint density at radius 2 is 1.73 bits per heavy atom. The van der Waals surface area contributed by atoms with E-state index >= 15 is 0 Å². The smallest absolute Gasteiger partial charge is 0.219 e. The number of hydrogen-bond donors (Lipinski definition) is 1. The second-order valence-corrected chi connectivity index (χ2v) is 6.54. The molecule has 0 unspecified atom stereocenters. The van der Waals surface area contributed by atoms with Crippen LogP contribution in [-0.4, -0.2) is 47.2 Å². The van der Waals surface area contributed by atoms with Gasteiger partial charge < -0.3 is 9.80 Å². The number of H-pyrrole nitrogens is 1. The van der Waals surface area contributed by atoms with Crippen molar-refractivity contribution in [2.24, 2.45) is 0 Å². The lowest BCUT2D eigenvalue weighted by Crippen LogP contribution is -2.48. The van der Waals surface area contributed by atoms with Crippen molar-refractivity contribution < 1.29 is 4.79 Å². The molecule has 1 aliphatic rings. The van der Waals surface area contributed by atoms with E-state index in [1.54, 1.807) is 6.92 Å². The number of nitrogens with zero attached hydrogens (tertiary/aromatic N) is 3. The van der Waals surface area contributed by atoms with E-state index in [-0.39, 0.29) is 5.91 Å². The molecule has 3 aromatic rings. The van der Waals surface area contributed by atoms with E-state index in [9.17, 15) is 4.79 Å². The molecule has 0 bridgehead atoms. The number of carbonyl (C=O) groups excluding carboxylic acids is 1. The molecule has 1 aliphatic heterocycles. The third-order valence-electron chi connectivity index (χ3n) is 4.92. The van der Waals surface area contributed by atoms with Gasteiger partial charge in [0.25, 0.3) is 0 Å². The minimum atomic E-state index is 0.156. The quantitative estimate of drug-likeness (QED) is 0.791. The molecule has 0 radical (unpaired) electrons. The van der Waals surface area contributed by atoms with Crippen LogP contribution in [0.5, 0.6) is 0 Å². The van der Waals surface area contributed by atoms with Crippen LogP contribution in [0.25, 0.3) is 23.1 Å². The van der Waals surface area contributed by atoms with Gasteiger partial charge >= 0.3 is 0 Å². The molecule has 4 rings (SSSR count). The van der Waals surface area contributed by atoms with Crippen LogP contribution in [0.3, 0.4) is 0 Å². The number of nitrogens with one attached hydrogen (secondary N) is 1. The molecule has 132 valence electrons. The number of carbonyl (C=O) groups is 1. The van der Waals surface area contributed by atoms with E-state index in [4.69, 9.17) is 0 Å². The van der Waals surface area contributed by atoms with Gasteiger partial charge in [-0.05, 0) is 23.8 Å². The summed E-state index contributed by atoms with van der Waals surface area (Å²) in [5.74, 6) is 0.156. The number of benzene rings is 2. The second kappa shape index (κ2) is 7.04. The zero-order valence-electron chi connectivity index (χ0n) is 14.9. The summed E-state index contributed by atoms with van der Waals surface area (Å²) in [5.41, 5.74) is 4.35. The fourth-order valence-electron chi connectivity index (χ4n) is 3.46. The number of aromatic amines is 1. The van der Waals surface area contributed by atoms with Crippen molar-refractivity contribution in [1.82, 2.24) is 15.1 Å². The summed E-state index contributed by atoms with van der Waals surface area (Å²) in [7, 11) is 0. The first-order chi connectivity index (χ1) is 12.7. The molecule has 1 amide bonds. The first-order valence-corrected chi connectivity index (χ1v) is 8.93. The van der Waals surface area contributed by atoms with Crippen LogP contribution >= 0.6 is 0 Å². The largest absolute Gasteiger partial charge is 0.367 e. The summed E-state index contributed by atoms with van der Waals surface area (Å²) in [6, 6.07) is 16.5. The standard InChI is InChI=1S/C21H22N4O/c1-16(26)24-12-14-25(15-13-24)21-9-5-2-6-17(21)10-11-20-18-7-3-4-8-19(18)22-23-20/h2-11H,12-15H2,1H3,(H,22,23). The summed E-state index contributed by atoms with van der Waals surface area (Å²) in [4.78, 5) is 15.8. The first kappa shape index (κ1) is 16.4. The number of rotatable bonds is 3. The van der Waals surface area contributed by atoms with Crippen molar-refractivity contribution in [3.05, 3.63) is 59.8 Å². The number of fused-ring (bicyclic) bond motifs is 1. The fourth-order valence-corrected chi connectivity index (χ4v) is 3.46. The van der Waals surface area contributed by atoms with Gasteiger partial charge in [0.1, 0.15) is 0 Å². The topological polar surface area (TPSA) is 52.2 Å². The Labute approximate surface area is 152 Å². The van der Waals surface area contributed by atoms with E-state index in [1.165, 1.54) is 5.69 Å². The van der Waals surface area contributed by atoms with E-state index in [2.05, 4.69) is 57.6 Å². The summed E-state index contributed by atoms with van der Waals surface area (Å²) in [6.45, 7) is 4.90. The Balaban J connectivity index is 1.57. The molecular formula is C21H22N4O. The second-order valence-electron chi connectivity index (χ2n) is 6.54. The number of hydrogen-bond acceptors (Lipinski definition) is 3. The number of amides is 1. The van der Waals surface area contributed by atoms with Gasteiger partial charge in [-0.15, -0.1) is 0 Å². The molecule has 2 heterocycles. The number of para-hydroxylation sites is 2. The molecule has 0 aliphatic carbocycles. The number of piperazine rings is 1. The first-order valence-electron chi connectivity index (χ1n) is 8.93. The van der Waals surface area contributed by atoms with Gasteiger partial charge in [-0.3, -0.25) is 9.89 Å². The summed E-state index contributed by atoms with van der Waals surface area (Å²) in [5, 5.41) is 8.60. The monoisotopic (exact) mass is 346 g/mol. The van der Waals surface area contributed by atoms with Crippen LogP contribution < -0.4 is 4.90 Å². The molecule has 0 atom stereocenters. The van der Waals surface area contributed by atoms with E-state index in [0.717, 1.165) is 48.3 Å². The van der Waals surface area contributed by atoms with Gasteiger partial charge in [0.2, 0.25) is 5.91 Å². The normalized spacial score (nSPS) is 15.1. The predicted octanol–water partition coefficient (Wildman–Crippen LogP) is 3.40. The minimum Gasteiger partial charge on any atom is -0.367 e. The highest BCUT2D eigenvalue weighted by molar-refractivity contribution is 5.90. The summed E-state index contributed by atoms with van der Waals surface area (Å²) < 4.78 is 0. The van der Waals surface area contributed by atoms with Gasteiger partial charge in [-0.1, -0.05) is 42.5 Å². The Kier molecular flexibility index (Phi) is 4.44. The highest BCUT2D eigenvalue weighted by Gasteiger charge is 2.19. The summed E-state index contributed by atoms with van der Waals surface area (Å²) >= 11 is 0. The average Bonchev–Trinajstić information content (AvgIpc) is 3.10. The lowest BCUT2D eigenvalue weighted by Gasteiger charge is -2.36. The van der Waals surface area contributed by atoms with Crippen molar-refractivity contribution >= 4 is 34.6 Å². The molecule has 1 saturated heterocycles. The highest BCUT2D eigenvalue weighted by Crippen LogP contribution is 2.25. The third-order valence-corrected chi connectivity index (χ3v) is 4.92. The molecule has 0 saturated carbocycles. The van der Waals surface area contributed by atoms with Crippen molar-refractivity contribution in [3.63, 3.8) is 0 Å². The maximum atomic E-state index is 11.5. The Hall–Kier alpha value is -3.08. The Morgan fingerprint density at radius 1 is 1.00 bits per heavy atom. The molecule has 1 aromatic heterocycles. The maximum Gasteiger partial charge on any atom is 0.219 e. The van der Waals surface area contributed by atoms with Crippen LogP contribution in [-0.2, 0) is 4.79 Å². The number of anilines is 1. The van der Waals surface area contributed by atoms with E-state index in [0.29, 0.717) is 0 Å². The highest BCUT2D eigenvalue weighted by atomic mass is 16.2. The molecule has 5 heteroatoms. The van der Waals surface area contributed by atoms with E-state index in [1.807, 2.05) is 23.1 Å². The third kappa shape index (κ3) is 3.20. The van der Waals surface area contributed by atoms with Crippen LogP contribution in [0.2, 0.25) is 0 Å². The van der Waals surface area contributed by atoms with Gasteiger partial charge in [0.05, 0.1) is 11.2 Å². The molecule has 0 spiro atoms. The fraction of sp³-hybridized carbons (Fsp3) is 0.238. The number of aromatic nitrogens is 2. The van der Waals surface area contributed by atoms with Crippen LogP contribution in [0, 0.1) is 0 Å². The van der Waals surface area contributed by atoms with Crippen molar-refractivity contribution in [1.29, 1.82) is 0 Å². The molecule has 26 heavy (non-hydrogen) atoms. The van der Waals surface area contributed by atoms with Crippen molar-refractivity contribution in [3.8, 4) is 0 Å². The van der Waals surface area contributed by atoms with Gasteiger partial charge in [-0.2, -0.15) is 5.10 Å². The molecule has 5 nitrogen and oxygen atoms in total. The molecular weight excluding hydrogens is 324 g/mol.